The van der Waals surface area contributed by atoms with Gasteiger partial charge in [0, 0.05) is 25.0 Å². The number of carbonyl (C=O) groups excluding carboxylic acids is 2. The van der Waals surface area contributed by atoms with Gasteiger partial charge in [0.2, 0.25) is 15.9 Å². The molecule has 7 nitrogen and oxygen atoms in total. The summed E-state index contributed by atoms with van der Waals surface area (Å²) < 4.78 is 26.3. The maximum absolute atomic E-state index is 12.9. The summed E-state index contributed by atoms with van der Waals surface area (Å²) in [4.78, 5) is 27.0. The molecule has 0 bridgehead atoms. The molecular weight excluding hydrogens is 378 g/mol. The summed E-state index contributed by atoms with van der Waals surface area (Å²) in [6.45, 7) is 8.62. The Morgan fingerprint density at radius 2 is 1.75 bits per heavy atom. The van der Waals surface area contributed by atoms with Gasteiger partial charge in [-0.05, 0) is 44.7 Å². The minimum absolute atomic E-state index is 0.0457. The highest BCUT2D eigenvalue weighted by atomic mass is 32.2. The molecular formula is C20H31N3O4S. The highest BCUT2D eigenvalue weighted by Crippen LogP contribution is 2.23. The average Bonchev–Trinajstić information content (AvgIpc) is 2.67. The zero-order valence-electron chi connectivity index (χ0n) is 17.1. The molecule has 1 saturated heterocycles. The van der Waals surface area contributed by atoms with Crippen LogP contribution >= 0.6 is 0 Å². The highest BCUT2D eigenvalue weighted by molar-refractivity contribution is 7.92. The molecule has 156 valence electrons. The van der Waals surface area contributed by atoms with Gasteiger partial charge in [-0.25, -0.2) is 8.42 Å². The molecule has 0 saturated carbocycles. The molecule has 2 rings (SSSR count). The van der Waals surface area contributed by atoms with Crippen LogP contribution in [0.1, 0.15) is 50.9 Å². The van der Waals surface area contributed by atoms with Gasteiger partial charge < -0.3 is 10.2 Å². The summed E-state index contributed by atoms with van der Waals surface area (Å²) in [5.74, 6) is 0.0338. The number of amides is 2. The van der Waals surface area contributed by atoms with Crippen LogP contribution < -0.4 is 10.0 Å². The first kappa shape index (κ1) is 22.2. The summed E-state index contributed by atoms with van der Waals surface area (Å²) in [5.41, 5.74) is 0.621. The summed E-state index contributed by atoms with van der Waals surface area (Å²) >= 11 is 0. The molecule has 0 aromatic heterocycles. The Morgan fingerprint density at radius 3 is 2.32 bits per heavy atom. The maximum Gasteiger partial charge on any atom is 0.255 e. The van der Waals surface area contributed by atoms with Crippen molar-refractivity contribution in [1.29, 1.82) is 0 Å². The number of para-hydroxylation sites is 1. The van der Waals surface area contributed by atoms with Crippen LogP contribution in [0.4, 0.5) is 5.69 Å². The van der Waals surface area contributed by atoms with E-state index in [0.29, 0.717) is 43.1 Å². The van der Waals surface area contributed by atoms with E-state index in [2.05, 4.69) is 23.9 Å². The number of hydrogen-bond donors (Lipinski definition) is 2. The fraction of sp³-hybridized carbons (Fsp3) is 0.600. The number of benzene rings is 1. The number of hydrogen-bond acceptors (Lipinski definition) is 4. The molecule has 1 heterocycles. The number of nitrogens with one attached hydrogen (secondary N) is 2. The number of nitrogens with zero attached hydrogens (tertiary/aromatic N) is 1. The third-order valence-corrected chi connectivity index (χ3v) is 6.62. The lowest BCUT2D eigenvalue weighted by Crippen LogP contribution is -2.45. The molecule has 2 amide bonds. The standard InChI is InChI=1S/C20H31N3O4S/c1-5-28(26,27)22-18-9-7-6-8-17(18)20(25)23-12-10-16(11-13-23)19(24)21-15(4)14(2)3/h6-9,14-16,22H,5,10-13H2,1-4H3,(H,21,24). The fourth-order valence-electron chi connectivity index (χ4n) is 3.02. The topological polar surface area (TPSA) is 95.6 Å². The lowest BCUT2D eigenvalue weighted by Gasteiger charge is -2.32. The van der Waals surface area contributed by atoms with Gasteiger partial charge in [-0.3, -0.25) is 14.3 Å². The minimum atomic E-state index is -3.47. The van der Waals surface area contributed by atoms with Crippen LogP contribution in [0.3, 0.4) is 0 Å². The van der Waals surface area contributed by atoms with Crippen LogP contribution in [0.5, 0.6) is 0 Å². The molecule has 1 aliphatic heterocycles. The summed E-state index contributed by atoms with van der Waals surface area (Å²) in [7, 11) is -3.47. The molecule has 28 heavy (non-hydrogen) atoms. The molecule has 8 heteroatoms. The van der Waals surface area contributed by atoms with Gasteiger partial charge in [-0.1, -0.05) is 26.0 Å². The van der Waals surface area contributed by atoms with Crippen molar-refractivity contribution in [3.8, 4) is 0 Å². The number of piperidine rings is 1. The van der Waals surface area contributed by atoms with E-state index in [1.807, 2.05) is 6.92 Å². The third kappa shape index (κ3) is 5.70. The number of likely N-dealkylation sites (tertiary alicyclic amines) is 1. The lowest BCUT2D eigenvalue weighted by molar-refractivity contribution is -0.127. The Bertz CT molecular complexity index is 799. The van der Waals surface area contributed by atoms with Gasteiger partial charge in [0.05, 0.1) is 17.0 Å². The number of sulfonamides is 1. The molecule has 0 aliphatic carbocycles. The Kier molecular flexibility index (Phi) is 7.46. The van der Waals surface area contributed by atoms with Gasteiger partial charge in [0.25, 0.3) is 5.91 Å². The fourth-order valence-corrected chi connectivity index (χ4v) is 3.68. The van der Waals surface area contributed by atoms with Gasteiger partial charge in [0.15, 0.2) is 0 Å². The summed E-state index contributed by atoms with van der Waals surface area (Å²) in [5, 5.41) is 3.05. The predicted molar refractivity (Wildman–Crippen MR) is 111 cm³/mol. The number of anilines is 1. The van der Waals surface area contributed by atoms with Crippen molar-refractivity contribution in [2.75, 3.05) is 23.6 Å². The molecule has 1 aromatic carbocycles. The zero-order chi connectivity index (χ0) is 20.9. The Morgan fingerprint density at radius 1 is 1.14 bits per heavy atom. The van der Waals surface area contributed by atoms with E-state index in [1.54, 1.807) is 36.1 Å². The van der Waals surface area contributed by atoms with Crippen LogP contribution in [0, 0.1) is 11.8 Å². The third-order valence-electron chi connectivity index (χ3n) is 5.33. The molecule has 1 unspecified atom stereocenters. The van der Waals surface area contributed by atoms with Crippen molar-refractivity contribution in [3.05, 3.63) is 29.8 Å². The highest BCUT2D eigenvalue weighted by Gasteiger charge is 2.29. The van der Waals surface area contributed by atoms with E-state index >= 15 is 0 Å². The molecule has 0 spiro atoms. The van der Waals surface area contributed by atoms with Crippen LogP contribution in [0.25, 0.3) is 0 Å². The van der Waals surface area contributed by atoms with Crippen LogP contribution in [0.2, 0.25) is 0 Å². The van der Waals surface area contributed by atoms with Gasteiger partial charge in [-0.2, -0.15) is 0 Å². The molecule has 0 radical (unpaired) electrons. The van der Waals surface area contributed by atoms with Gasteiger partial charge in [-0.15, -0.1) is 0 Å². The maximum atomic E-state index is 12.9. The first-order valence-corrected chi connectivity index (χ1v) is 11.5. The minimum Gasteiger partial charge on any atom is -0.353 e. The summed E-state index contributed by atoms with van der Waals surface area (Å²) in [6, 6.07) is 6.74. The largest absolute Gasteiger partial charge is 0.353 e. The Hall–Kier alpha value is -2.09. The second kappa shape index (κ2) is 9.41. The van der Waals surface area contributed by atoms with E-state index in [4.69, 9.17) is 0 Å². The first-order valence-electron chi connectivity index (χ1n) is 9.83. The van der Waals surface area contributed by atoms with E-state index in [0.717, 1.165) is 0 Å². The van der Waals surface area contributed by atoms with Crippen molar-refractivity contribution in [2.24, 2.45) is 11.8 Å². The van der Waals surface area contributed by atoms with E-state index in [1.165, 1.54) is 0 Å². The quantitative estimate of drug-likeness (QED) is 0.723. The smallest absolute Gasteiger partial charge is 0.255 e. The van der Waals surface area contributed by atoms with Crippen molar-refractivity contribution in [3.63, 3.8) is 0 Å². The Labute approximate surface area is 167 Å². The van der Waals surface area contributed by atoms with E-state index in [9.17, 15) is 18.0 Å². The second-order valence-corrected chi connectivity index (χ2v) is 9.67. The normalized spacial score (nSPS) is 16.7. The van der Waals surface area contributed by atoms with Gasteiger partial charge >= 0.3 is 0 Å². The van der Waals surface area contributed by atoms with Crippen molar-refractivity contribution < 1.29 is 18.0 Å². The summed E-state index contributed by atoms with van der Waals surface area (Å²) in [6.07, 6.45) is 1.20. The van der Waals surface area contributed by atoms with Crippen LogP contribution in [0.15, 0.2) is 24.3 Å². The Balaban J connectivity index is 2.02. The van der Waals surface area contributed by atoms with Crippen LogP contribution in [-0.2, 0) is 14.8 Å². The van der Waals surface area contributed by atoms with Crippen molar-refractivity contribution >= 4 is 27.5 Å². The lowest BCUT2D eigenvalue weighted by atomic mass is 9.94. The van der Waals surface area contributed by atoms with E-state index < -0.39 is 10.0 Å². The monoisotopic (exact) mass is 409 g/mol. The van der Waals surface area contributed by atoms with Crippen molar-refractivity contribution in [1.82, 2.24) is 10.2 Å². The molecule has 1 fully saturated rings. The second-order valence-electron chi connectivity index (χ2n) is 7.66. The number of rotatable bonds is 7. The first-order chi connectivity index (χ1) is 13.1. The molecule has 2 N–H and O–H groups in total. The predicted octanol–water partition coefficient (Wildman–Crippen LogP) is 2.46. The molecule has 1 aliphatic rings. The zero-order valence-corrected chi connectivity index (χ0v) is 17.9. The molecule has 1 atom stereocenters. The average molecular weight is 410 g/mol. The SMILES string of the molecule is CCS(=O)(=O)Nc1ccccc1C(=O)N1CCC(C(=O)NC(C)C(C)C)CC1. The van der Waals surface area contributed by atoms with Crippen molar-refractivity contribution in [2.45, 2.75) is 46.6 Å². The van der Waals surface area contributed by atoms with Gasteiger partial charge in [0.1, 0.15) is 0 Å². The number of carbonyl (C=O) groups is 2. The van der Waals surface area contributed by atoms with Crippen LogP contribution in [-0.4, -0.2) is 50.0 Å². The molecule has 1 aromatic rings. The van der Waals surface area contributed by atoms with E-state index in [-0.39, 0.29) is 29.5 Å².